The van der Waals surface area contributed by atoms with Crippen LogP contribution in [-0.4, -0.2) is 45.9 Å². The van der Waals surface area contributed by atoms with E-state index in [1.165, 1.54) is 31.6 Å². The monoisotopic (exact) mass is 244 g/mol. The number of anilines is 2. The number of nitrogens with zero attached hydrogens (tertiary/aromatic N) is 3. The lowest BCUT2D eigenvalue weighted by molar-refractivity contribution is 0.519. The standard InChI is InChI=1S/C9H16N4O2S/c1-10-9-6-5-8(7-11-9)13(4)16(14,15)12(2)3/h5-7H,1-4H3,(H,10,11). The zero-order chi connectivity index (χ0) is 12.3. The minimum atomic E-state index is -3.44. The van der Waals surface area contributed by atoms with Crippen LogP contribution >= 0.6 is 0 Å². The van der Waals surface area contributed by atoms with E-state index in [1.54, 1.807) is 19.2 Å². The Morgan fingerprint density at radius 2 is 1.88 bits per heavy atom. The molecule has 0 atom stereocenters. The molecule has 1 aromatic rings. The van der Waals surface area contributed by atoms with Crippen molar-refractivity contribution in [3.8, 4) is 0 Å². The van der Waals surface area contributed by atoms with E-state index in [4.69, 9.17) is 0 Å². The highest BCUT2D eigenvalue weighted by molar-refractivity contribution is 7.90. The van der Waals surface area contributed by atoms with Gasteiger partial charge in [0.05, 0.1) is 11.9 Å². The number of hydrogen-bond donors (Lipinski definition) is 1. The van der Waals surface area contributed by atoms with Gasteiger partial charge in [0.15, 0.2) is 0 Å². The predicted octanol–water partition coefficient (Wildman–Crippen LogP) is 0.366. The Hall–Kier alpha value is -1.34. The number of pyridine rings is 1. The molecule has 1 N–H and O–H groups in total. The topological polar surface area (TPSA) is 65.5 Å². The first-order chi connectivity index (χ1) is 7.39. The van der Waals surface area contributed by atoms with Crippen molar-refractivity contribution in [2.75, 3.05) is 37.8 Å². The molecule has 0 unspecified atom stereocenters. The molecule has 1 heterocycles. The molecule has 0 radical (unpaired) electrons. The first-order valence-electron chi connectivity index (χ1n) is 4.69. The van der Waals surface area contributed by atoms with E-state index in [0.29, 0.717) is 11.5 Å². The van der Waals surface area contributed by atoms with Crippen LogP contribution < -0.4 is 9.62 Å². The summed E-state index contributed by atoms with van der Waals surface area (Å²) in [7, 11) is 2.78. The van der Waals surface area contributed by atoms with Gasteiger partial charge in [0.25, 0.3) is 0 Å². The fourth-order valence-electron chi connectivity index (χ4n) is 1.10. The van der Waals surface area contributed by atoms with Gasteiger partial charge in [-0.05, 0) is 12.1 Å². The maximum atomic E-state index is 11.8. The lowest BCUT2D eigenvalue weighted by atomic mass is 10.4. The molecular weight excluding hydrogens is 228 g/mol. The molecule has 0 fully saturated rings. The van der Waals surface area contributed by atoms with Gasteiger partial charge in [-0.1, -0.05) is 0 Å². The molecule has 16 heavy (non-hydrogen) atoms. The summed E-state index contributed by atoms with van der Waals surface area (Å²) in [6.45, 7) is 0. The van der Waals surface area contributed by atoms with E-state index in [9.17, 15) is 8.42 Å². The molecule has 0 saturated heterocycles. The van der Waals surface area contributed by atoms with Crippen LogP contribution in [0.2, 0.25) is 0 Å². The number of rotatable bonds is 4. The number of aromatic nitrogens is 1. The summed E-state index contributed by atoms with van der Waals surface area (Å²) in [4.78, 5) is 4.06. The fourth-order valence-corrected chi connectivity index (χ4v) is 1.96. The van der Waals surface area contributed by atoms with Crippen LogP contribution in [0, 0.1) is 0 Å². The van der Waals surface area contributed by atoms with Gasteiger partial charge in [-0.3, -0.25) is 4.31 Å². The van der Waals surface area contributed by atoms with Crippen molar-refractivity contribution >= 4 is 21.7 Å². The molecule has 7 heteroatoms. The summed E-state index contributed by atoms with van der Waals surface area (Å²) in [6, 6.07) is 3.41. The molecule has 0 aliphatic rings. The van der Waals surface area contributed by atoms with Crippen LogP contribution in [0.5, 0.6) is 0 Å². The molecule has 0 aromatic carbocycles. The highest BCUT2D eigenvalue weighted by Gasteiger charge is 2.20. The van der Waals surface area contributed by atoms with Crippen LogP contribution in [0.4, 0.5) is 11.5 Å². The summed E-state index contributed by atoms with van der Waals surface area (Å²) < 4.78 is 25.9. The predicted molar refractivity (Wildman–Crippen MR) is 64.8 cm³/mol. The van der Waals surface area contributed by atoms with Crippen LogP contribution in [0.15, 0.2) is 18.3 Å². The van der Waals surface area contributed by atoms with Gasteiger partial charge in [-0.2, -0.15) is 12.7 Å². The Morgan fingerprint density at radius 1 is 1.25 bits per heavy atom. The molecule has 0 bridgehead atoms. The first-order valence-corrected chi connectivity index (χ1v) is 6.09. The summed E-state index contributed by atoms with van der Waals surface area (Å²) >= 11 is 0. The smallest absolute Gasteiger partial charge is 0.303 e. The third kappa shape index (κ3) is 2.42. The SMILES string of the molecule is CNc1ccc(N(C)S(=O)(=O)N(C)C)cn1. The zero-order valence-electron chi connectivity index (χ0n) is 9.80. The number of hydrogen-bond acceptors (Lipinski definition) is 4. The van der Waals surface area contributed by atoms with Crippen molar-refractivity contribution in [1.82, 2.24) is 9.29 Å². The number of nitrogens with one attached hydrogen (secondary N) is 1. The van der Waals surface area contributed by atoms with E-state index >= 15 is 0 Å². The molecule has 90 valence electrons. The molecule has 0 amide bonds. The van der Waals surface area contributed by atoms with Gasteiger partial charge in [0.2, 0.25) is 0 Å². The largest absolute Gasteiger partial charge is 0.373 e. The highest BCUT2D eigenvalue weighted by Crippen LogP contribution is 2.17. The third-order valence-electron chi connectivity index (χ3n) is 2.18. The van der Waals surface area contributed by atoms with E-state index < -0.39 is 10.2 Å². The van der Waals surface area contributed by atoms with Crippen molar-refractivity contribution in [1.29, 1.82) is 0 Å². The van der Waals surface area contributed by atoms with E-state index in [0.717, 1.165) is 4.31 Å². The van der Waals surface area contributed by atoms with Crippen molar-refractivity contribution in [3.63, 3.8) is 0 Å². The average molecular weight is 244 g/mol. The molecule has 0 saturated carbocycles. The van der Waals surface area contributed by atoms with Gasteiger partial charge in [0.1, 0.15) is 5.82 Å². The van der Waals surface area contributed by atoms with Crippen molar-refractivity contribution in [3.05, 3.63) is 18.3 Å². The van der Waals surface area contributed by atoms with Gasteiger partial charge in [-0.15, -0.1) is 0 Å². The van der Waals surface area contributed by atoms with Crippen molar-refractivity contribution in [2.24, 2.45) is 0 Å². The summed E-state index contributed by atoms with van der Waals surface area (Å²) in [5, 5.41) is 2.87. The second-order valence-corrected chi connectivity index (χ2v) is 5.58. The van der Waals surface area contributed by atoms with Gasteiger partial charge >= 0.3 is 10.2 Å². The van der Waals surface area contributed by atoms with Crippen LogP contribution in [0.1, 0.15) is 0 Å². The lowest BCUT2D eigenvalue weighted by Gasteiger charge is -2.22. The van der Waals surface area contributed by atoms with E-state index in [-0.39, 0.29) is 0 Å². The summed E-state index contributed by atoms with van der Waals surface area (Å²) in [6.07, 6.45) is 1.51. The molecular formula is C9H16N4O2S. The second-order valence-electron chi connectivity index (χ2n) is 3.41. The van der Waals surface area contributed by atoms with E-state index in [1.807, 2.05) is 0 Å². The van der Waals surface area contributed by atoms with Gasteiger partial charge in [0, 0.05) is 28.2 Å². The van der Waals surface area contributed by atoms with Gasteiger partial charge < -0.3 is 5.32 Å². The quantitative estimate of drug-likeness (QED) is 0.831. The minimum Gasteiger partial charge on any atom is -0.373 e. The zero-order valence-corrected chi connectivity index (χ0v) is 10.6. The minimum absolute atomic E-state index is 0.521. The molecule has 0 aliphatic heterocycles. The first kappa shape index (κ1) is 12.7. The Morgan fingerprint density at radius 3 is 2.25 bits per heavy atom. The van der Waals surface area contributed by atoms with Crippen LogP contribution in [0.3, 0.4) is 0 Å². The fraction of sp³-hybridized carbons (Fsp3) is 0.444. The lowest BCUT2D eigenvalue weighted by Crippen LogP contribution is -2.37. The molecule has 0 spiro atoms. The van der Waals surface area contributed by atoms with Crippen molar-refractivity contribution < 1.29 is 8.42 Å². The molecule has 6 nitrogen and oxygen atoms in total. The molecule has 1 rings (SSSR count). The van der Waals surface area contributed by atoms with Crippen molar-refractivity contribution in [2.45, 2.75) is 0 Å². The van der Waals surface area contributed by atoms with Crippen LogP contribution in [-0.2, 0) is 10.2 Å². The Balaban J connectivity index is 3.01. The molecule has 1 aromatic heterocycles. The van der Waals surface area contributed by atoms with Gasteiger partial charge in [-0.25, -0.2) is 4.98 Å². The summed E-state index contributed by atoms with van der Waals surface area (Å²) in [5.41, 5.74) is 0.521. The second kappa shape index (κ2) is 4.67. The Bertz CT molecular complexity index is 441. The average Bonchev–Trinajstić information content (AvgIpc) is 2.28. The maximum Gasteiger partial charge on any atom is 0.303 e. The normalized spacial score (nSPS) is 11.6. The maximum absolute atomic E-state index is 11.8. The highest BCUT2D eigenvalue weighted by atomic mass is 32.2. The Labute approximate surface area is 96.1 Å². The molecule has 0 aliphatic carbocycles. The summed E-state index contributed by atoms with van der Waals surface area (Å²) in [5.74, 6) is 0.694. The third-order valence-corrected chi connectivity index (χ3v) is 4.00. The Kier molecular flexibility index (Phi) is 3.71. The van der Waals surface area contributed by atoms with E-state index in [2.05, 4.69) is 10.3 Å². The van der Waals surface area contributed by atoms with Crippen LogP contribution in [0.25, 0.3) is 0 Å².